The summed E-state index contributed by atoms with van der Waals surface area (Å²) in [5.41, 5.74) is 8.53. The molecule has 0 spiro atoms. The summed E-state index contributed by atoms with van der Waals surface area (Å²) in [5, 5.41) is 4.17. The zero-order chi connectivity index (χ0) is 13.1. The van der Waals surface area contributed by atoms with Crippen molar-refractivity contribution in [3.05, 3.63) is 41.7 Å². The normalized spacial score (nSPS) is 12.6. The molecule has 2 aromatic rings. The molecule has 4 nitrogen and oxygen atoms in total. The third-order valence-electron chi connectivity index (χ3n) is 2.72. The largest absolute Gasteiger partial charge is 0.398 e. The number of nitrogens with two attached hydrogens (primary N) is 1. The van der Waals surface area contributed by atoms with Gasteiger partial charge in [-0.05, 0) is 31.5 Å². The molecule has 0 aliphatic rings. The average molecular weight is 263 g/mol. The lowest BCUT2D eigenvalue weighted by Crippen LogP contribution is -2.01. The van der Waals surface area contributed by atoms with Crippen LogP contribution in [0.1, 0.15) is 18.1 Å². The zero-order valence-corrected chi connectivity index (χ0v) is 11.4. The van der Waals surface area contributed by atoms with Gasteiger partial charge in [-0.1, -0.05) is 6.07 Å². The van der Waals surface area contributed by atoms with Gasteiger partial charge in [0.15, 0.2) is 0 Å². The van der Waals surface area contributed by atoms with Gasteiger partial charge in [-0.2, -0.15) is 5.10 Å². The highest BCUT2D eigenvalue weighted by atomic mass is 32.2. The van der Waals surface area contributed by atoms with Gasteiger partial charge in [-0.25, -0.2) is 0 Å². The summed E-state index contributed by atoms with van der Waals surface area (Å²) in [5.74, 6) is 0.452. The van der Waals surface area contributed by atoms with E-state index in [0.717, 1.165) is 17.7 Å². The van der Waals surface area contributed by atoms with E-state index >= 15 is 0 Å². The quantitative estimate of drug-likeness (QED) is 0.859. The molecule has 0 bridgehead atoms. The summed E-state index contributed by atoms with van der Waals surface area (Å²) in [6.07, 6.45) is 3.67. The number of anilines is 1. The van der Waals surface area contributed by atoms with Crippen molar-refractivity contribution in [1.82, 2.24) is 9.78 Å². The molecular weight excluding hydrogens is 246 g/mol. The first-order valence-electron chi connectivity index (χ1n) is 5.86. The molecule has 0 radical (unpaired) electrons. The predicted molar refractivity (Wildman–Crippen MR) is 73.6 cm³/mol. The third kappa shape index (κ3) is 2.79. The molecule has 5 heteroatoms. The molecule has 0 aliphatic carbocycles. The lowest BCUT2D eigenvalue weighted by Gasteiger charge is -2.05. The topological polar surface area (TPSA) is 60.9 Å². The number of benzene rings is 1. The standard InChI is InChI=1S/C13H17N3OS/c1-3-16-8-11(7-15-16)9-18(17)13-5-4-10(2)6-12(13)14/h4-8H,3,9,14H2,1-2H3. The van der Waals surface area contributed by atoms with Crippen LogP contribution in [0, 0.1) is 6.92 Å². The van der Waals surface area contributed by atoms with Gasteiger partial charge in [0.05, 0.1) is 27.6 Å². The lowest BCUT2D eigenvalue weighted by molar-refractivity contribution is 0.659. The van der Waals surface area contributed by atoms with Crippen molar-refractivity contribution in [2.75, 3.05) is 5.73 Å². The van der Waals surface area contributed by atoms with Crippen LogP contribution in [0.3, 0.4) is 0 Å². The maximum Gasteiger partial charge on any atom is 0.0621 e. The zero-order valence-electron chi connectivity index (χ0n) is 10.6. The second kappa shape index (κ2) is 5.35. The lowest BCUT2D eigenvalue weighted by atomic mass is 10.2. The summed E-state index contributed by atoms with van der Waals surface area (Å²) < 4.78 is 14.1. The number of hydrogen-bond donors (Lipinski definition) is 1. The predicted octanol–water partition coefficient (Wildman–Crippen LogP) is 2.10. The SMILES string of the molecule is CCn1cc(CS(=O)c2ccc(C)cc2N)cn1. The van der Waals surface area contributed by atoms with Gasteiger partial charge >= 0.3 is 0 Å². The van der Waals surface area contributed by atoms with Crippen molar-refractivity contribution in [3.8, 4) is 0 Å². The fourth-order valence-electron chi connectivity index (χ4n) is 1.76. The Labute approximate surface area is 109 Å². The van der Waals surface area contributed by atoms with Gasteiger partial charge < -0.3 is 5.73 Å². The van der Waals surface area contributed by atoms with Crippen LogP contribution in [0.2, 0.25) is 0 Å². The van der Waals surface area contributed by atoms with E-state index in [-0.39, 0.29) is 0 Å². The molecule has 1 unspecified atom stereocenters. The van der Waals surface area contributed by atoms with E-state index in [9.17, 15) is 4.21 Å². The number of nitrogen functional groups attached to an aromatic ring is 1. The van der Waals surface area contributed by atoms with E-state index in [1.165, 1.54) is 0 Å². The number of aromatic nitrogens is 2. The molecule has 0 amide bonds. The van der Waals surface area contributed by atoms with Crippen LogP contribution in [0.15, 0.2) is 35.5 Å². The molecule has 0 saturated heterocycles. The van der Waals surface area contributed by atoms with Crippen LogP contribution in [-0.2, 0) is 23.1 Å². The Morgan fingerprint density at radius 1 is 1.44 bits per heavy atom. The van der Waals surface area contributed by atoms with Crippen molar-refractivity contribution < 1.29 is 4.21 Å². The minimum Gasteiger partial charge on any atom is -0.398 e. The minimum absolute atomic E-state index is 0.452. The summed E-state index contributed by atoms with van der Waals surface area (Å²) in [4.78, 5) is 0.699. The van der Waals surface area contributed by atoms with Crippen molar-refractivity contribution in [1.29, 1.82) is 0 Å². The van der Waals surface area contributed by atoms with E-state index in [2.05, 4.69) is 5.10 Å². The second-order valence-corrected chi connectivity index (χ2v) is 5.65. The first-order chi connectivity index (χ1) is 8.60. The van der Waals surface area contributed by atoms with Crippen LogP contribution >= 0.6 is 0 Å². The van der Waals surface area contributed by atoms with Crippen LogP contribution in [0.5, 0.6) is 0 Å². The average Bonchev–Trinajstić information content (AvgIpc) is 2.76. The first-order valence-corrected chi connectivity index (χ1v) is 7.18. The van der Waals surface area contributed by atoms with Crippen molar-refractivity contribution >= 4 is 16.5 Å². The Kier molecular flexibility index (Phi) is 3.81. The molecular formula is C13H17N3OS. The van der Waals surface area contributed by atoms with Gasteiger partial charge in [0.1, 0.15) is 0 Å². The molecule has 1 heterocycles. The fraction of sp³-hybridized carbons (Fsp3) is 0.308. The highest BCUT2D eigenvalue weighted by Crippen LogP contribution is 2.20. The monoisotopic (exact) mass is 263 g/mol. The van der Waals surface area contributed by atoms with Gasteiger partial charge in [0.2, 0.25) is 0 Å². The Morgan fingerprint density at radius 3 is 2.83 bits per heavy atom. The Morgan fingerprint density at radius 2 is 2.22 bits per heavy atom. The fourth-order valence-corrected chi connectivity index (χ4v) is 2.91. The van der Waals surface area contributed by atoms with Crippen molar-refractivity contribution in [2.45, 2.75) is 31.0 Å². The van der Waals surface area contributed by atoms with E-state index < -0.39 is 10.8 Å². The molecule has 2 N–H and O–H groups in total. The molecule has 2 rings (SSSR count). The summed E-state index contributed by atoms with van der Waals surface area (Å²) in [6.45, 7) is 4.80. The maximum atomic E-state index is 12.2. The van der Waals surface area contributed by atoms with E-state index in [0.29, 0.717) is 16.3 Å². The van der Waals surface area contributed by atoms with Crippen LogP contribution in [0.25, 0.3) is 0 Å². The maximum absolute atomic E-state index is 12.2. The number of nitrogens with zero attached hydrogens (tertiary/aromatic N) is 2. The number of hydrogen-bond acceptors (Lipinski definition) is 3. The number of rotatable bonds is 4. The first kappa shape index (κ1) is 12.8. The summed E-state index contributed by atoms with van der Waals surface area (Å²) in [6, 6.07) is 5.62. The molecule has 1 aromatic heterocycles. The molecule has 18 heavy (non-hydrogen) atoms. The molecule has 0 fully saturated rings. The molecule has 96 valence electrons. The van der Waals surface area contributed by atoms with E-state index in [4.69, 9.17) is 5.73 Å². The summed E-state index contributed by atoms with van der Waals surface area (Å²) >= 11 is 0. The summed E-state index contributed by atoms with van der Waals surface area (Å²) in [7, 11) is -1.12. The Hall–Kier alpha value is -1.62. The van der Waals surface area contributed by atoms with Gasteiger partial charge in [-0.15, -0.1) is 0 Å². The van der Waals surface area contributed by atoms with Crippen molar-refractivity contribution in [3.63, 3.8) is 0 Å². The number of aryl methyl sites for hydroxylation is 2. The van der Waals surface area contributed by atoms with Gasteiger partial charge in [-0.3, -0.25) is 8.89 Å². The van der Waals surface area contributed by atoms with Gasteiger partial charge in [0, 0.05) is 24.0 Å². The molecule has 1 aromatic carbocycles. The molecule has 0 saturated carbocycles. The molecule has 1 atom stereocenters. The highest BCUT2D eigenvalue weighted by molar-refractivity contribution is 7.84. The smallest absolute Gasteiger partial charge is 0.0621 e. The van der Waals surface area contributed by atoms with Crippen molar-refractivity contribution in [2.24, 2.45) is 0 Å². The third-order valence-corrected chi connectivity index (χ3v) is 4.18. The van der Waals surface area contributed by atoms with E-state index in [1.54, 1.807) is 6.20 Å². The second-order valence-electron chi connectivity index (χ2n) is 4.24. The minimum atomic E-state index is -1.12. The van der Waals surface area contributed by atoms with Gasteiger partial charge in [0.25, 0.3) is 0 Å². The highest BCUT2D eigenvalue weighted by Gasteiger charge is 2.10. The van der Waals surface area contributed by atoms with Crippen LogP contribution in [-0.4, -0.2) is 14.0 Å². The van der Waals surface area contributed by atoms with E-state index in [1.807, 2.05) is 42.9 Å². The Balaban J connectivity index is 2.16. The van der Waals surface area contributed by atoms with Crippen LogP contribution < -0.4 is 5.73 Å². The Bertz CT molecular complexity index is 577. The van der Waals surface area contributed by atoms with Crippen LogP contribution in [0.4, 0.5) is 5.69 Å². The molecule has 0 aliphatic heterocycles.